The number of phenolic OH excluding ortho intramolecular Hbond substituents is 1. The number of anilines is 1. The summed E-state index contributed by atoms with van der Waals surface area (Å²) in [6.45, 7) is 6.51. The molecule has 270 valence electrons. The summed E-state index contributed by atoms with van der Waals surface area (Å²) >= 11 is 0. The van der Waals surface area contributed by atoms with Gasteiger partial charge in [-0.2, -0.15) is 0 Å². The van der Waals surface area contributed by atoms with Gasteiger partial charge in [0.2, 0.25) is 5.91 Å². The number of phenols is 1. The highest BCUT2D eigenvalue weighted by atomic mass is 16.3. The normalized spacial score (nSPS) is 16.4. The van der Waals surface area contributed by atoms with Crippen molar-refractivity contribution >= 4 is 23.4 Å². The molecule has 5 aromatic rings. The number of benzene rings is 4. The molecule has 0 saturated carbocycles. The van der Waals surface area contributed by atoms with Crippen LogP contribution in [0.3, 0.4) is 0 Å². The molecule has 0 unspecified atom stereocenters. The number of amides is 3. The van der Waals surface area contributed by atoms with E-state index in [1.807, 2.05) is 59.2 Å². The van der Waals surface area contributed by atoms with E-state index in [0.29, 0.717) is 49.3 Å². The van der Waals surface area contributed by atoms with Crippen LogP contribution in [-0.2, 0) is 50.1 Å². The van der Waals surface area contributed by atoms with Gasteiger partial charge in [-0.25, -0.2) is 0 Å². The lowest BCUT2D eigenvalue weighted by Crippen LogP contribution is -2.43. The standard InChI is InChI=1S/C45H46N4O4/c1-29-11-13-31(14-12-29)23-43(51)47-21-19-33-24-38(39(25-35(33)27-47)45(53)49-28-34-9-5-4-8-32(34)22-30(49)2)42-26-40(41-10-6-7-20-48(41)42)44(52)46(3)36-15-17-37(50)18-16-36/h4-5,8-9,11-18,24-26,30,50H,6-7,10,19-23,27-28H2,1-3H3/t30-/m1/s1. The Kier molecular flexibility index (Phi) is 9.15. The first-order valence-electron chi connectivity index (χ1n) is 18.8. The van der Waals surface area contributed by atoms with Gasteiger partial charge >= 0.3 is 0 Å². The molecule has 3 aliphatic rings. The van der Waals surface area contributed by atoms with Crippen LogP contribution in [0.5, 0.6) is 5.75 Å². The Balaban J connectivity index is 1.20. The minimum Gasteiger partial charge on any atom is -0.508 e. The molecule has 1 aromatic heterocycles. The Bertz CT molecular complexity index is 2220. The van der Waals surface area contributed by atoms with Crippen LogP contribution in [0.4, 0.5) is 5.69 Å². The van der Waals surface area contributed by atoms with Crippen molar-refractivity contribution in [2.45, 2.75) is 78.0 Å². The molecule has 1 atom stereocenters. The van der Waals surface area contributed by atoms with Crippen LogP contribution in [0, 0.1) is 6.92 Å². The summed E-state index contributed by atoms with van der Waals surface area (Å²) < 4.78 is 2.26. The van der Waals surface area contributed by atoms with Crippen LogP contribution >= 0.6 is 0 Å². The van der Waals surface area contributed by atoms with Gasteiger partial charge < -0.3 is 24.4 Å². The summed E-state index contributed by atoms with van der Waals surface area (Å²) in [5, 5.41) is 9.85. The van der Waals surface area contributed by atoms with Crippen molar-refractivity contribution in [2.75, 3.05) is 18.5 Å². The lowest BCUT2D eigenvalue weighted by Gasteiger charge is -2.36. The zero-order valence-electron chi connectivity index (χ0n) is 30.8. The zero-order valence-corrected chi connectivity index (χ0v) is 30.8. The number of hydrogen-bond donors (Lipinski definition) is 1. The average Bonchev–Trinajstić information content (AvgIpc) is 3.56. The first-order valence-corrected chi connectivity index (χ1v) is 18.8. The fourth-order valence-electron chi connectivity index (χ4n) is 8.37. The molecule has 8 nitrogen and oxygen atoms in total. The van der Waals surface area contributed by atoms with Crippen molar-refractivity contribution in [3.8, 4) is 17.0 Å². The van der Waals surface area contributed by atoms with E-state index >= 15 is 0 Å². The first kappa shape index (κ1) is 34.5. The number of nitrogens with zero attached hydrogens (tertiary/aromatic N) is 4. The first-order chi connectivity index (χ1) is 25.6. The Morgan fingerprint density at radius 1 is 0.792 bits per heavy atom. The van der Waals surface area contributed by atoms with Gasteiger partial charge in [-0.1, -0.05) is 54.1 Å². The molecule has 8 rings (SSSR count). The third-order valence-electron chi connectivity index (χ3n) is 11.5. The topological polar surface area (TPSA) is 86.1 Å². The lowest BCUT2D eigenvalue weighted by molar-refractivity contribution is -0.131. The fourth-order valence-corrected chi connectivity index (χ4v) is 8.37. The quantitative estimate of drug-likeness (QED) is 0.198. The molecule has 8 heteroatoms. The minimum atomic E-state index is -0.123. The van der Waals surface area contributed by atoms with E-state index in [9.17, 15) is 19.5 Å². The van der Waals surface area contributed by atoms with Crippen molar-refractivity contribution in [3.63, 3.8) is 0 Å². The molecule has 53 heavy (non-hydrogen) atoms. The van der Waals surface area contributed by atoms with E-state index in [1.54, 1.807) is 36.2 Å². The molecular weight excluding hydrogens is 661 g/mol. The van der Waals surface area contributed by atoms with Gasteiger partial charge in [0.15, 0.2) is 0 Å². The van der Waals surface area contributed by atoms with Crippen LogP contribution in [0.2, 0.25) is 0 Å². The number of aromatic nitrogens is 1. The van der Waals surface area contributed by atoms with Gasteiger partial charge in [0, 0.05) is 67.5 Å². The molecule has 0 bridgehead atoms. The summed E-state index contributed by atoms with van der Waals surface area (Å²) in [6, 6.07) is 29.3. The van der Waals surface area contributed by atoms with Crippen LogP contribution in [0.25, 0.3) is 11.3 Å². The van der Waals surface area contributed by atoms with E-state index < -0.39 is 0 Å². The number of carbonyl (C=O) groups excluding carboxylic acids is 3. The lowest BCUT2D eigenvalue weighted by atomic mass is 9.89. The van der Waals surface area contributed by atoms with E-state index in [2.05, 4.69) is 35.8 Å². The van der Waals surface area contributed by atoms with Crippen molar-refractivity contribution in [1.82, 2.24) is 14.4 Å². The molecule has 0 radical (unpaired) electrons. The van der Waals surface area contributed by atoms with Gasteiger partial charge in [-0.3, -0.25) is 14.4 Å². The summed E-state index contributed by atoms with van der Waals surface area (Å²) in [7, 11) is 1.76. The van der Waals surface area contributed by atoms with Crippen molar-refractivity contribution in [3.05, 3.63) is 141 Å². The summed E-state index contributed by atoms with van der Waals surface area (Å²) in [5.41, 5.74) is 11.4. The molecule has 4 aromatic carbocycles. The smallest absolute Gasteiger partial charge is 0.259 e. The number of rotatable bonds is 6. The highest BCUT2D eigenvalue weighted by Gasteiger charge is 2.33. The summed E-state index contributed by atoms with van der Waals surface area (Å²) in [6.07, 6.45) is 4.56. The Labute approximate surface area is 311 Å². The monoisotopic (exact) mass is 706 g/mol. The Morgan fingerprint density at radius 2 is 1.55 bits per heavy atom. The highest BCUT2D eigenvalue weighted by Crippen LogP contribution is 2.38. The van der Waals surface area contributed by atoms with Gasteiger partial charge in [-0.05, 0) is 116 Å². The second-order valence-electron chi connectivity index (χ2n) is 15.0. The highest BCUT2D eigenvalue weighted by molar-refractivity contribution is 6.08. The molecule has 0 saturated heterocycles. The predicted molar refractivity (Wildman–Crippen MR) is 207 cm³/mol. The largest absolute Gasteiger partial charge is 0.508 e. The van der Waals surface area contributed by atoms with E-state index in [-0.39, 0.29) is 29.5 Å². The minimum absolute atomic E-state index is 0.00574. The predicted octanol–water partition coefficient (Wildman–Crippen LogP) is 7.50. The SMILES string of the molecule is Cc1ccc(CC(=O)N2CCc3cc(-c4cc(C(=O)N(C)c5ccc(O)cc5)c5n4CCCC5)c(C(=O)N4Cc5ccccc5C[C@H]4C)cc3C2)cc1. The number of aryl methyl sites for hydroxylation is 1. The number of hydrogen-bond acceptors (Lipinski definition) is 4. The third-order valence-corrected chi connectivity index (χ3v) is 11.5. The Hall–Kier alpha value is -5.63. The average molecular weight is 707 g/mol. The van der Waals surface area contributed by atoms with E-state index in [4.69, 9.17) is 0 Å². The van der Waals surface area contributed by atoms with Gasteiger partial charge in [0.1, 0.15) is 5.75 Å². The van der Waals surface area contributed by atoms with Gasteiger partial charge in [-0.15, -0.1) is 0 Å². The maximum absolute atomic E-state index is 15.0. The number of aromatic hydroxyl groups is 1. The zero-order chi connectivity index (χ0) is 36.8. The van der Waals surface area contributed by atoms with E-state index in [1.165, 1.54) is 5.56 Å². The molecule has 3 aliphatic heterocycles. The van der Waals surface area contributed by atoms with Crippen LogP contribution < -0.4 is 4.90 Å². The number of fused-ring (bicyclic) bond motifs is 3. The van der Waals surface area contributed by atoms with Crippen LogP contribution in [-0.4, -0.2) is 56.8 Å². The van der Waals surface area contributed by atoms with Gasteiger partial charge in [0.05, 0.1) is 12.0 Å². The van der Waals surface area contributed by atoms with Crippen molar-refractivity contribution < 1.29 is 19.5 Å². The van der Waals surface area contributed by atoms with Crippen LogP contribution in [0.15, 0.2) is 91.0 Å². The van der Waals surface area contributed by atoms with Crippen molar-refractivity contribution in [1.29, 1.82) is 0 Å². The molecule has 0 aliphatic carbocycles. The molecule has 3 amide bonds. The van der Waals surface area contributed by atoms with Gasteiger partial charge in [0.25, 0.3) is 11.8 Å². The summed E-state index contributed by atoms with van der Waals surface area (Å²) in [4.78, 5) is 48.3. The van der Waals surface area contributed by atoms with Crippen molar-refractivity contribution in [2.24, 2.45) is 0 Å². The molecule has 1 N–H and O–H groups in total. The maximum Gasteiger partial charge on any atom is 0.259 e. The summed E-state index contributed by atoms with van der Waals surface area (Å²) in [5.74, 6) is 0.0723. The second kappa shape index (κ2) is 14.1. The van der Waals surface area contributed by atoms with E-state index in [0.717, 1.165) is 77.0 Å². The fraction of sp³-hybridized carbons (Fsp3) is 0.311. The number of carbonyl (C=O) groups is 3. The Morgan fingerprint density at radius 3 is 2.32 bits per heavy atom. The molecular formula is C45H46N4O4. The third kappa shape index (κ3) is 6.63. The second-order valence-corrected chi connectivity index (χ2v) is 15.0. The molecule has 4 heterocycles. The molecule has 0 spiro atoms. The maximum atomic E-state index is 15.0. The molecule has 0 fully saturated rings. The van der Waals surface area contributed by atoms with Crippen LogP contribution in [0.1, 0.15) is 79.6 Å².